The molecule has 3 unspecified atom stereocenters. The Morgan fingerprint density at radius 1 is 0.342 bits per heavy atom. The summed E-state index contributed by atoms with van der Waals surface area (Å²) >= 11 is 0. The van der Waals surface area contributed by atoms with E-state index in [-0.39, 0.29) is 11.8 Å². The van der Waals surface area contributed by atoms with Crippen LogP contribution in [0.4, 0.5) is 0 Å². The molecular weight excluding hydrogens is 1390 g/mol. The molecule has 21 rings (SSSR count). The minimum Gasteiger partial charge on any atom is -0.226 e. The van der Waals surface area contributed by atoms with E-state index in [1.807, 2.05) is 181 Å². The molecule has 5 aliphatic heterocycles. The van der Waals surface area contributed by atoms with E-state index < -0.39 is 24.1 Å². The molecule has 7 aliphatic rings. The molecule has 0 radical (unpaired) electrons. The lowest BCUT2D eigenvalue weighted by Crippen LogP contribution is -2.40. The summed E-state index contributed by atoms with van der Waals surface area (Å²) in [5.74, 6) is 0.856. The monoisotopic (exact) mass is 1500 g/mol. The van der Waals surface area contributed by atoms with Crippen LogP contribution in [0.25, 0.3) is 58.8 Å². The number of aryl methyl sites for hydroxylation is 5. The first-order valence-corrected chi connectivity index (χ1v) is 40.5. The largest absolute Gasteiger partial charge is 0.251 e. The Morgan fingerprint density at radius 2 is 0.711 bits per heavy atom. The van der Waals surface area contributed by atoms with E-state index in [1.165, 1.54) is 66.0 Å². The van der Waals surface area contributed by atoms with Gasteiger partial charge >= 0.3 is 0 Å². The molecule has 0 N–H and O–H groups in total. The second-order valence-corrected chi connectivity index (χ2v) is 31.3. The first-order chi connectivity index (χ1) is 59.3. The molecule has 0 bridgehead atoms. The average molecular weight is 1510 g/mol. The summed E-state index contributed by atoms with van der Waals surface area (Å²) in [6.45, 7) is 19.0. The number of benzene rings is 9. The molecule has 10 nitrogen and oxygen atoms in total. The van der Waals surface area contributed by atoms with E-state index in [2.05, 4.69) is 212 Å². The molecule has 568 valence electrons. The Labute approximate surface area is 686 Å². The Bertz CT molecular complexity index is 6510. The summed E-state index contributed by atoms with van der Waals surface area (Å²) in [6, 6.07) is 80.3. The highest BCUT2D eigenvalue weighted by Crippen LogP contribution is 2.49. The van der Waals surface area contributed by atoms with Crippen LogP contribution in [0.15, 0.2) is 305 Å². The lowest BCUT2D eigenvalue weighted by atomic mass is 9.77. The minimum atomic E-state index is -1.62. The summed E-state index contributed by atoms with van der Waals surface area (Å²) in [6.07, 6.45) is 31.7. The van der Waals surface area contributed by atoms with Gasteiger partial charge in [-0.05, 0) is 179 Å². The first-order valence-electron chi connectivity index (χ1n) is 45.0. The third-order valence-corrected chi connectivity index (χ3v) is 24.5. The summed E-state index contributed by atoms with van der Waals surface area (Å²) in [4.78, 5) is 0. The molecule has 14 aromatic rings. The van der Waals surface area contributed by atoms with Gasteiger partial charge in [-0.3, -0.25) is 0 Å². The van der Waals surface area contributed by atoms with Crippen molar-refractivity contribution in [1.82, 2.24) is 22.8 Å². The first kappa shape index (κ1) is 64.3. The van der Waals surface area contributed by atoms with Gasteiger partial charge in [-0.2, -0.15) is 22.8 Å². The second-order valence-electron chi connectivity index (χ2n) is 31.3. The van der Waals surface area contributed by atoms with Crippen LogP contribution < -0.4 is 22.8 Å². The molecule has 2 saturated carbocycles. The normalized spacial score (nSPS) is 20.3. The zero-order valence-corrected chi connectivity index (χ0v) is 67.2. The standard InChI is InChI=1S/C26H23N2.C25H27N2.C20H19N2.C19H23N2.C14H15N2/c1-20-11-9-10-16-24(20)27-19-28-25(21(27)2)17-18-26(28,22-12-5-3-6-13-22)23-14-7-4-8-15-23;1-19-10-6-9-15-23(19)26-18-27-24(20(26)2)16-17-25(27,22-13-7-8-14-22)21-11-4-3-5-12-21;1-15-8-6-7-11-18(15)21-14-22-19(16(21)2)12-13-20(22)17-9-4-3-5-10-17;1-14-7-3-6-10-17(14)20-13-21-18(15(20)2)11-12-19(21)16-8-4-5-9-16;1-11-6-3-4-7-13(11)16-10-15-9-5-8-14(15)12(16)2/h3-19H,1-2H3;3-6,9-12,15-18,22H,7-8,13-14H2,1-2H3;3-14,20H,1-2H3;3,6-7,10-13,16,19H,4-5,8-9H2,1-2H3;3-8,10H,9H2,1-2H3/q5*+1/i19D;18D;14D,20D;13D,19D;9D2,10D. The molecule has 5 aromatic heterocycles. The van der Waals surface area contributed by atoms with Crippen molar-refractivity contribution in [3.8, 4) is 28.4 Å². The zero-order valence-electron chi connectivity index (χ0n) is 76.2. The fourth-order valence-corrected chi connectivity index (χ4v) is 18.2. The molecule has 9 aromatic carbocycles. The van der Waals surface area contributed by atoms with Crippen molar-refractivity contribution in [2.24, 2.45) is 11.8 Å². The van der Waals surface area contributed by atoms with Crippen LogP contribution >= 0.6 is 0 Å². The number of aromatic nitrogens is 10. The summed E-state index contributed by atoms with van der Waals surface area (Å²) in [5, 5.41) is 0. The van der Waals surface area contributed by atoms with Crippen molar-refractivity contribution >= 4 is 30.4 Å². The minimum absolute atomic E-state index is 0.164. The van der Waals surface area contributed by atoms with Crippen LogP contribution in [0.2, 0.25) is 0 Å². The van der Waals surface area contributed by atoms with Crippen LogP contribution in [0.1, 0.15) is 183 Å². The predicted molar refractivity (Wildman–Crippen MR) is 462 cm³/mol. The molecule has 0 spiro atoms. The fraction of sp³-hybridized carbons (Fsp3) is 0.240. The van der Waals surface area contributed by atoms with Crippen LogP contribution in [0, 0.1) is 81.1 Å². The van der Waals surface area contributed by atoms with Gasteiger partial charge in [0.2, 0.25) is 18.9 Å². The topological polar surface area (TPSA) is 44.0 Å². The number of imidazole rings is 5. The van der Waals surface area contributed by atoms with Crippen molar-refractivity contribution < 1.29 is 35.2 Å². The van der Waals surface area contributed by atoms with Crippen molar-refractivity contribution in [3.05, 3.63) is 412 Å². The van der Waals surface area contributed by atoms with Crippen molar-refractivity contribution in [3.63, 3.8) is 0 Å². The van der Waals surface area contributed by atoms with Gasteiger partial charge in [0.1, 0.15) is 47.0 Å². The lowest BCUT2D eigenvalue weighted by Gasteiger charge is -2.32. The van der Waals surface area contributed by atoms with E-state index in [0.717, 1.165) is 131 Å². The van der Waals surface area contributed by atoms with E-state index in [1.54, 1.807) is 15.2 Å². The lowest BCUT2D eigenvalue weighted by molar-refractivity contribution is -0.603. The third-order valence-electron chi connectivity index (χ3n) is 24.5. The highest BCUT2D eigenvalue weighted by atomic mass is 15.2. The van der Waals surface area contributed by atoms with E-state index in [9.17, 15) is 2.74 Å². The zero-order chi connectivity index (χ0) is 86.2. The summed E-state index contributed by atoms with van der Waals surface area (Å²) in [5.41, 5.74) is 24.6. The third kappa shape index (κ3) is 13.5. The molecule has 0 saturated heterocycles. The molecule has 10 heterocycles. The van der Waals surface area contributed by atoms with E-state index in [4.69, 9.17) is 9.60 Å². The molecule has 2 fully saturated rings. The van der Waals surface area contributed by atoms with Crippen LogP contribution in [0.5, 0.6) is 0 Å². The maximum Gasteiger partial charge on any atom is 0.251 e. The maximum atomic E-state index is 9.24. The van der Waals surface area contributed by atoms with Crippen LogP contribution in [0.3, 0.4) is 0 Å². The highest BCUT2D eigenvalue weighted by molar-refractivity contribution is 5.64. The number of fused-ring (bicyclic) bond motifs is 5. The fourth-order valence-electron chi connectivity index (χ4n) is 18.2. The summed E-state index contributed by atoms with van der Waals surface area (Å²) in [7, 11) is 0. The quantitative estimate of drug-likeness (QED) is 0.116. The SMILES string of the molecule is [2H]c1n2c(c(C)[n+]1-c1ccccc1C)C=CC2([2H])C1CCCC1.[2H]c1n2c(c(C)[n+]1-c1ccccc1C)C=CC2([2H])[2H].[2H]c1n2c(c(C)[n+]1-c1ccccc1C)C=CC2([2H])c1ccccc1.[2H]c1n2c(c(C)[n+]1-c1ccccc1C)C=CC2(c1ccccc1)C1CCCC1.[2H]c1n2c(c(C)[n+]1-c1ccccc1C)C=CC2(c1ccccc1)c1ccccc1. The number of hydrogen-bond acceptors (Lipinski definition) is 0. The van der Waals surface area contributed by atoms with Crippen LogP contribution in [-0.4, -0.2) is 22.8 Å². The Morgan fingerprint density at radius 3 is 1.19 bits per heavy atom. The van der Waals surface area contributed by atoms with Crippen LogP contribution in [-0.2, 0) is 17.6 Å². The molecule has 10 heteroatoms. The van der Waals surface area contributed by atoms with Gasteiger partial charge in [0.05, 0.1) is 5.48 Å². The number of nitrogens with zero attached hydrogens (tertiary/aromatic N) is 10. The molecule has 0 amide bonds. The van der Waals surface area contributed by atoms with Gasteiger partial charge in [0.25, 0.3) is 12.6 Å². The number of allylic oxidation sites excluding steroid dienone is 5. The second kappa shape index (κ2) is 31.7. The van der Waals surface area contributed by atoms with E-state index in [0.29, 0.717) is 37.0 Å². The Balaban J connectivity index is 0.000000110. The van der Waals surface area contributed by atoms with Gasteiger partial charge in [-0.15, -0.1) is 0 Å². The van der Waals surface area contributed by atoms with Gasteiger partial charge in [0.15, 0.2) is 74.9 Å². The van der Waals surface area contributed by atoms with Gasteiger partial charge in [-0.25, -0.2) is 22.8 Å². The number of rotatable bonds is 11. The molecular formula is C104H107N10+5. The van der Waals surface area contributed by atoms with Gasteiger partial charge in [0, 0.05) is 68.7 Å². The van der Waals surface area contributed by atoms with Gasteiger partial charge in [-0.1, -0.05) is 238 Å². The molecule has 114 heavy (non-hydrogen) atoms. The molecule has 2 aliphatic carbocycles. The maximum absolute atomic E-state index is 9.24. The van der Waals surface area contributed by atoms with Crippen molar-refractivity contribution in [2.45, 2.75) is 150 Å². The predicted octanol–water partition coefficient (Wildman–Crippen LogP) is 21.1. The Hall–Kier alpha value is -12.3. The van der Waals surface area contributed by atoms with Crippen molar-refractivity contribution in [2.75, 3.05) is 0 Å². The number of hydrogen-bond donors (Lipinski definition) is 0. The smallest absolute Gasteiger partial charge is 0.226 e. The van der Waals surface area contributed by atoms with Crippen molar-refractivity contribution in [1.29, 1.82) is 0 Å². The molecule has 3 atom stereocenters. The Kier molecular flexibility index (Phi) is 17.9. The van der Waals surface area contributed by atoms with Gasteiger partial charge < -0.3 is 0 Å². The summed E-state index contributed by atoms with van der Waals surface area (Å²) < 4.78 is 97.8. The highest BCUT2D eigenvalue weighted by Gasteiger charge is 2.51. The van der Waals surface area contributed by atoms with E-state index >= 15 is 0 Å². The number of para-hydroxylation sites is 5. The average Bonchev–Trinajstić information content (AvgIpc) is 1.56.